The van der Waals surface area contributed by atoms with Crippen molar-refractivity contribution >= 4 is 6.08 Å². The molecule has 0 radical (unpaired) electrons. The molecule has 0 bridgehead atoms. The van der Waals surface area contributed by atoms with Crippen molar-refractivity contribution in [3.8, 4) is 18.1 Å². The average molecular weight is 242 g/mol. The number of hydrogen-bond donors (Lipinski definition) is 0. The normalized spacial score (nSPS) is 12.6. The first-order valence-electron chi connectivity index (χ1n) is 5.48. The molecule has 1 rings (SSSR count). The van der Waals surface area contributed by atoms with Gasteiger partial charge in [0.05, 0.1) is 12.9 Å². The Morgan fingerprint density at radius 3 is 2.83 bits per heavy atom. The van der Waals surface area contributed by atoms with Crippen molar-refractivity contribution in [2.75, 3.05) is 7.11 Å². The van der Waals surface area contributed by atoms with Gasteiger partial charge in [0.1, 0.15) is 5.75 Å². The molecule has 0 aliphatic rings. The van der Waals surface area contributed by atoms with E-state index in [2.05, 4.69) is 5.92 Å². The smallest absolute Gasteiger partial charge is 0.119 e. The summed E-state index contributed by atoms with van der Waals surface area (Å²) in [6.07, 6.45) is 11.7. The summed E-state index contributed by atoms with van der Waals surface area (Å²) in [6, 6.07) is 7.56. The molecule has 0 heterocycles. The number of hydrogen-bond acceptors (Lipinski definition) is 1. The third-order valence-electron chi connectivity index (χ3n) is 2.18. The van der Waals surface area contributed by atoms with Gasteiger partial charge in [-0.25, -0.2) is 4.39 Å². The van der Waals surface area contributed by atoms with Gasteiger partial charge in [0.25, 0.3) is 0 Å². The first kappa shape index (κ1) is 13.8. The van der Waals surface area contributed by atoms with Crippen LogP contribution in [0.15, 0.2) is 53.9 Å². The minimum atomic E-state index is -0.285. The first-order valence-corrected chi connectivity index (χ1v) is 5.48. The van der Waals surface area contributed by atoms with Crippen LogP contribution in [-0.2, 0) is 0 Å². The van der Waals surface area contributed by atoms with E-state index in [1.165, 1.54) is 19.1 Å². The first-order chi connectivity index (χ1) is 8.65. The monoisotopic (exact) mass is 242 g/mol. The van der Waals surface area contributed by atoms with Crippen LogP contribution in [0, 0.1) is 12.3 Å². The Bertz CT molecular complexity index is 526. The van der Waals surface area contributed by atoms with E-state index in [1.807, 2.05) is 30.3 Å². The highest BCUT2D eigenvalue weighted by Gasteiger charge is 1.93. The van der Waals surface area contributed by atoms with E-state index in [0.29, 0.717) is 5.57 Å². The SMILES string of the molecule is C#C/C=C(/C=C/c1cccc(OC)c1)\C=C(/C)F. The summed E-state index contributed by atoms with van der Waals surface area (Å²) in [5.74, 6) is 2.87. The molecule has 0 unspecified atom stereocenters. The zero-order valence-corrected chi connectivity index (χ0v) is 10.5. The number of benzene rings is 1. The molecule has 2 heteroatoms. The number of ether oxygens (including phenoxy) is 1. The fourth-order valence-electron chi connectivity index (χ4n) is 1.40. The quantitative estimate of drug-likeness (QED) is 0.569. The van der Waals surface area contributed by atoms with Gasteiger partial charge in [0.15, 0.2) is 0 Å². The summed E-state index contributed by atoms with van der Waals surface area (Å²) in [5.41, 5.74) is 1.60. The molecule has 18 heavy (non-hydrogen) atoms. The maximum atomic E-state index is 12.8. The molecule has 0 saturated heterocycles. The Balaban J connectivity index is 2.93. The standard InChI is InChI=1S/C16H15FO/c1-4-6-14(11-13(2)17)9-10-15-7-5-8-16(12-15)18-3/h1,5-12H,2-3H3/b10-9+,13-11+,14-6-. The van der Waals surface area contributed by atoms with Gasteiger partial charge in [-0.05, 0) is 42.3 Å². The Labute approximate surface area is 107 Å². The Morgan fingerprint density at radius 1 is 1.44 bits per heavy atom. The predicted octanol–water partition coefficient (Wildman–Crippen LogP) is 4.14. The van der Waals surface area contributed by atoms with Gasteiger partial charge in [-0.3, -0.25) is 0 Å². The van der Waals surface area contributed by atoms with E-state index in [1.54, 1.807) is 13.2 Å². The van der Waals surface area contributed by atoms with E-state index in [-0.39, 0.29) is 5.83 Å². The molecule has 0 N–H and O–H groups in total. The van der Waals surface area contributed by atoms with Crippen molar-refractivity contribution in [1.82, 2.24) is 0 Å². The van der Waals surface area contributed by atoms with Crippen molar-refractivity contribution in [1.29, 1.82) is 0 Å². The molecule has 1 nitrogen and oxygen atoms in total. The molecule has 0 fully saturated rings. The highest BCUT2D eigenvalue weighted by Crippen LogP contribution is 2.15. The number of halogens is 1. The molecule has 92 valence electrons. The van der Waals surface area contributed by atoms with E-state index >= 15 is 0 Å². The molecule has 1 aromatic carbocycles. The van der Waals surface area contributed by atoms with Crippen LogP contribution in [0.4, 0.5) is 4.39 Å². The third-order valence-corrected chi connectivity index (χ3v) is 2.18. The van der Waals surface area contributed by atoms with Crippen LogP contribution >= 0.6 is 0 Å². The minimum absolute atomic E-state index is 0.285. The zero-order valence-electron chi connectivity index (χ0n) is 10.5. The molecule has 0 saturated carbocycles. The van der Waals surface area contributed by atoms with Gasteiger partial charge >= 0.3 is 0 Å². The summed E-state index contributed by atoms with van der Waals surface area (Å²) in [6.45, 7) is 1.38. The van der Waals surface area contributed by atoms with Gasteiger partial charge < -0.3 is 4.74 Å². The Hall–Kier alpha value is -2.27. The van der Waals surface area contributed by atoms with Crippen molar-refractivity contribution in [2.45, 2.75) is 6.92 Å². The van der Waals surface area contributed by atoms with Crippen LogP contribution in [0.1, 0.15) is 12.5 Å². The Morgan fingerprint density at radius 2 is 2.22 bits per heavy atom. The zero-order chi connectivity index (χ0) is 13.4. The number of methoxy groups -OCH3 is 1. The fourth-order valence-corrected chi connectivity index (χ4v) is 1.40. The predicted molar refractivity (Wildman–Crippen MR) is 73.8 cm³/mol. The molecular formula is C16H15FO. The van der Waals surface area contributed by atoms with E-state index in [9.17, 15) is 4.39 Å². The molecule has 0 atom stereocenters. The lowest BCUT2D eigenvalue weighted by Gasteiger charge is -2.00. The number of allylic oxidation sites excluding steroid dienone is 5. The van der Waals surface area contributed by atoms with Crippen molar-refractivity contribution in [3.63, 3.8) is 0 Å². The summed E-state index contributed by atoms with van der Waals surface area (Å²) in [4.78, 5) is 0. The van der Waals surface area contributed by atoms with Gasteiger partial charge in [-0.1, -0.05) is 30.2 Å². The molecule has 0 spiro atoms. The minimum Gasteiger partial charge on any atom is -0.497 e. The van der Waals surface area contributed by atoms with Crippen molar-refractivity contribution < 1.29 is 9.13 Å². The highest BCUT2D eigenvalue weighted by molar-refractivity contribution is 5.57. The maximum absolute atomic E-state index is 12.8. The van der Waals surface area contributed by atoms with Crippen LogP contribution in [0.25, 0.3) is 6.08 Å². The van der Waals surface area contributed by atoms with Crippen molar-refractivity contribution in [2.24, 2.45) is 0 Å². The third kappa shape index (κ3) is 4.71. The molecule has 0 aliphatic heterocycles. The molecular weight excluding hydrogens is 227 g/mol. The average Bonchev–Trinajstić information content (AvgIpc) is 2.36. The van der Waals surface area contributed by atoms with Crippen LogP contribution in [0.3, 0.4) is 0 Å². The second-order valence-electron chi connectivity index (χ2n) is 3.65. The lowest BCUT2D eigenvalue weighted by Crippen LogP contribution is -1.82. The van der Waals surface area contributed by atoms with Gasteiger partial charge in [-0.2, -0.15) is 0 Å². The summed E-state index contributed by atoms with van der Waals surface area (Å²) >= 11 is 0. The topological polar surface area (TPSA) is 9.23 Å². The molecule has 0 amide bonds. The second kappa shape index (κ2) is 7.13. The number of rotatable bonds is 4. The highest BCUT2D eigenvalue weighted by atomic mass is 19.1. The van der Waals surface area contributed by atoms with Gasteiger partial charge in [-0.15, -0.1) is 6.42 Å². The lowest BCUT2D eigenvalue weighted by molar-refractivity contribution is 0.414. The fraction of sp³-hybridized carbons (Fsp3) is 0.125. The van der Waals surface area contributed by atoms with Gasteiger partial charge in [0, 0.05) is 0 Å². The molecule has 0 aliphatic carbocycles. The summed E-state index contributed by atoms with van der Waals surface area (Å²) < 4.78 is 17.9. The lowest BCUT2D eigenvalue weighted by atomic mass is 10.1. The Kier molecular flexibility index (Phi) is 5.47. The van der Waals surface area contributed by atoms with Crippen LogP contribution in [0.5, 0.6) is 5.75 Å². The molecule has 0 aromatic heterocycles. The van der Waals surface area contributed by atoms with E-state index in [4.69, 9.17) is 11.2 Å². The largest absolute Gasteiger partial charge is 0.497 e. The summed E-state index contributed by atoms with van der Waals surface area (Å²) in [7, 11) is 1.61. The maximum Gasteiger partial charge on any atom is 0.119 e. The van der Waals surface area contributed by atoms with Crippen molar-refractivity contribution in [3.05, 3.63) is 59.5 Å². The van der Waals surface area contributed by atoms with E-state index < -0.39 is 0 Å². The number of terminal acetylenes is 1. The summed E-state index contributed by atoms with van der Waals surface area (Å²) in [5, 5.41) is 0. The van der Waals surface area contributed by atoms with Gasteiger partial charge in [0.2, 0.25) is 0 Å². The van der Waals surface area contributed by atoms with E-state index in [0.717, 1.165) is 11.3 Å². The van der Waals surface area contributed by atoms with Crippen LogP contribution < -0.4 is 4.74 Å². The second-order valence-corrected chi connectivity index (χ2v) is 3.65. The molecule has 1 aromatic rings. The van der Waals surface area contributed by atoms with Crippen LogP contribution in [0.2, 0.25) is 0 Å². The van der Waals surface area contributed by atoms with Crippen LogP contribution in [-0.4, -0.2) is 7.11 Å².